The zero-order chi connectivity index (χ0) is 10.4. The summed E-state index contributed by atoms with van der Waals surface area (Å²) in [6, 6.07) is 5.74. The highest BCUT2D eigenvalue weighted by atomic mass is 16.5. The van der Waals surface area contributed by atoms with Crippen molar-refractivity contribution in [3.8, 4) is 0 Å². The number of hydrogen-bond acceptors (Lipinski definition) is 3. The molecule has 4 heteroatoms. The van der Waals surface area contributed by atoms with E-state index < -0.39 is 0 Å². The van der Waals surface area contributed by atoms with Crippen molar-refractivity contribution in [3.05, 3.63) is 30.1 Å². The average molecular weight is 194 g/mol. The number of nitrogens with zero attached hydrogens (tertiary/aromatic N) is 2. The van der Waals surface area contributed by atoms with Crippen LogP contribution in [0.25, 0.3) is 0 Å². The van der Waals surface area contributed by atoms with Crippen LogP contribution in [0, 0.1) is 0 Å². The number of rotatable bonds is 3. The largest absolute Gasteiger partial charge is 0.453 e. The number of hydrogen-bond donors (Lipinski definition) is 0. The Morgan fingerprint density at radius 2 is 2.36 bits per heavy atom. The molecule has 76 valence electrons. The van der Waals surface area contributed by atoms with Crippen LogP contribution in [0.4, 0.5) is 4.79 Å². The Labute approximate surface area is 83.5 Å². The third-order valence-corrected chi connectivity index (χ3v) is 1.92. The van der Waals surface area contributed by atoms with Gasteiger partial charge in [0.1, 0.15) is 0 Å². The van der Waals surface area contributed by atoms with Gasteiger partial charge in [-0.2, -0.15) is 0 Å². The summed E-state index contributed by atoms with van der Waals surface area (Å²) in [7, 11) is 3.08. The van der Waals surface area contributed by atoms with Crippen LogP contribution in [0.3, 0.4) is 0 Å². The van der Waals surface area contributed by atoms with Crippen LogP contribution in [0.1, 0.15) is 5.69 Å². The highest BCUT2D eigenvalue weighted by Gasteiger charge is 2.07. The summed E-state index contributed by atoms with van der Waals surface area (Å²) in [4.78, 5) is 16.7. The molecule has 0 saturated carbocycles. The first-order chi connectivity index (χ1) is 6.74. The first kappa shape index (κ1) is 10.5. The Bertz CT molecular complexity index is 287. The van der Waals surface area contributed by atoms with Crippen LogP contribution in [0.15, 0.2) is 24.4 Å². The number of pyridine rings is 1. The summed E-state index contributed by atoms with van der Waals surface area (Å²) in [6.07, 6.45) is 2.17. The van der Waals surface area contributed by atoms with Crippen molar-refractivity contribution < 1.29 is 9.53 Å². The maximum absolute atomic E-state index is 11.0. The van der Waals surface area contributed by atoms with Crippen LogP contribution in [-0.2, 0) is 11.2 Å². The molecular formula is C10H14N2O2. The Morgan fingerprint density at radius 3 is 2.93 bits per heavy atom. The van der Waals surface area contributed by atoms with Gasteiger partial charge in [-0.15, -0.1) is 0 Å². The molecule has 0 aliphatic rings. The Morgan fingerprint density at radius 1 is 1.57 bits per heavy atom. The lowest BCUT2D eigenvalue weighted by molar-refractivity contribution is 0.134. The molecule has 0 spiro atoms. The maximum atomic E-state index is 11.0. The van der Waals surface area contributed by atoms with E-state index in [4.69, 9.17) is 0 Å². The number of aromatic nitrogens is 1. The number of carbonyl (C=O) groups excluding carboxylic acids is 1. The van der Waals surface area contributed by atoms with Gasteiger partial charge in [0.05, 0.1) is 7.11 Å². The zero-order valence-corrected chi connectivity index (χ0v) is 8.43. The van der Waals surface area contributed by atoms with Crippen LogP contribution in [0.2, 0.25) is 0 Å². The predicted octanol–water partition coefficient (Wildman–Crippen LogP) is 1.32. The fourth-order valence-corrected chi connectivity index (χ4v) is 1.08. The topological polar surface area (TPSA) is 42.4 Å². The third kappa shape index (κ3) is 3.05. The second-order valence-electron chi connectivity index (χ2n) is 2.96. The van der Waals surface area contributed by atoms with Gasteiger partial charge in [0, 0.05) is 31.9 Å². The van der Waals surface area contributed by atoms with Crippen molar-refractivity contribution in [2.45, 2.75) is 6.42 Å². The Balaban J connectivity index is 2.38. The molecule has 1 heterocycles. The minimum atomic E-state index is -0.319. The van der Waals surface area contributed by atoms with Gasteiger partial charge in [0.15, 0.2) is 0 Å². The molecule has 0 radical (unpaired) electrons. The fraction of sp³-hybridized carbons (Fsp3) is 0.400. The molecule has 0 aliphatic carbocycles. The van der Waals surface area contributed by atoms with Gasteiger partial charge in [0.25, 0.3) is 0 Å². The molecular weight excluding hydrogens is 180 g/mol. The van der Waals surface area contributed by atoms with E-state index in [1.165, 1.54) is 12.0 Å². The van der Waals surface area contributed by atoms with E-state index in [2.05, 4.69) is 9.72 Å². The van der Waals surface area contributed by atoms with Crippen molar-refractivity contribution in [1.82, 2.24) is 9.88 Å². The van der Waals surface area contributed by atoms with Gasteiger partial charge in [-0.25, -0.2) is 4.79 Å². The molecule has 1 amide bonds. The quantitative estimate of drug-likeness (QED) is 0.728. The normalized spacial score (nSPS) is 9.57. The molecule has 0 aliphatic heterocycles. The van der Waals surface area contributed by atoms with Crippen molar-refractivity contribution in [1.29, 1.82) is 0 Å². The predicted molar refractivity (Wildman–Crippen MR) is 53.0 cm³/mol. The maximum Gasteiger partial charge on any atom is 0.409 e. The molecule has 1 aromatic rings. The second kappa shape index (κ2) is 5.21. The first-order valence-corrected chi connectivity index (χ1v) is 4.43. The van der Waals surface area contributed by atoms with Gasteiger partial charge in [-0.3, -0.25) is 4.98 Å². The molecule has 14 heavy (non-hydrogen) atoms. The number of amides is 1. The highest BCUT2D eigenvalue weighted by Crippen LogP contribution is 1.97. The standard InChI is InChI=1S/C10H14N2O2/c1-12(10(13)14-2)8-6-9-5-3-4-7-11-9/h3-5,7H,6,8H2,1-2H3. The third-order valence-electron chi connectivity index (χ3n) is 1.92. The Kier molecular flexibility index (Phi) is 3.91. The van der Waals surface area contributed by atoms with Crippen molar-refractivity contribution >= 4 is 6.09 Å². The molecule has 0 atom stereocenters. The lowest BCUT2D eigenvalue weighted by Gasteiger charge is -2.14. The molecule has 0 aromatic carbocycles. The molecule has 0 saturated heterocycles. The SMILES string of the molecule is COC(=O)N(C)CCc1ccccn1. The molecule has 0 N–H and O–H groups in total. The highest BCUT2D eigenvalue weighted by molar-refractivity contribution is 5.66. The first-order valence-electron chi connectivity index (χ1n) is 4.43. The summed E-state index contributed by atoms with van der Waals surface area (Å²) in [6.45, 7) is 0.615. The van der Waals surface area contributed by atoms with Gasteiger partial charge in [-0.05, 0) is 12.1 Å². The number of ether oxygens (including phenoxy) is 1. The van der Waals surface area contributed by atoms with Gasteiger partial charge in [0.2, 0.25) is 0 Å². The van der Waals surface area contributed by atoms with Crippen LogP contribution < -0.4 is 0 Å². The van der Waals surface area contributed by atoms with Crippen molar-refractivity contribution in [2.24, 2.45) is 0 Å². The van der Waals surface area contributed by atoms with Crippen LogP contribution >= 0.6 is 0 Å². The van der Waals surface area contributed by atoms with Crippen LogP contribution in [0.5, 0.6) is 0 Å². The molecule has 1 aromatic heterocycles. The van der Waals surface area contributed by atoms with E-state index in [-0.39, 0.29) is 6.09 Å². The molecule has 0 unspecified atom stereocenters. The van der Waals surface area contributed by atoms with E-state index in [1.54, 1.807) is 13.2 Å². The summed E-state index contributed by atoms with van der Waals surface area (Å²) >= 11 is 0. The molecule has 4 nitrogen and oxygen atoms in total. The van der Waals surface area contributed by atoms with Gasteiger partial charge >= 0.3 is 6.09 Å². The van der Waals surface area contributed by atoms with E-state index in [1.807, 2.05) is 18.2 Å². The smallest absolute Gasteiger partial charge is 0.409 e. The molecule has 1 rings (SSSR count). The summed E-state index contributed by atoms with van der Waals surface area (Å²) < 4.78 is 4.57. The zero-order valence-electron chi connectivity index (χ0n) is 8.43. The van der Waals surface area contributed by atoms with E-state index in [0.717, 1.165) is 12.1 Å². The monoisotopic (exact) mass is 194 g/mol. The van der Waals surface area contributed by atoms with Crippen molar-refractivity contribution in [3.63, 3.8) is 0 Å². The number of carbonyl (C=O) groups is 1. The van der Waals surface area contributed by atoms with E-state index in [0.29, 0.717) is 6.54 Å². The summed E-state index contributed by atoms with van der Waals surface area (Å²) in [5.41, 5.74) is 0.975. The lowest BCUT2D eigenvalue weighted by atomic mass is 10.2. The fourth-order valence-electron chi connectivity index (χ4n) is 1.08. The van der Waals surface area contributed by atoms with Crippen LogP contribution in [-0.4, -0.2) is 36.7 Å². The second-order valence-corrected chi connectivity index (χ2v) is 2.96. The van der Waals surface area contributed by atoms with Crippen molar-refractivity contribution in [2.75, 3.05) is 20.7 Å². The van der Waals surface area contributed by atoms with Gasteiger partial charge < -0.3 is 9.64 Å². The summed E-state index contributed by atoms with van der Waals surface area (Å²) in [5, 5.41) is 0. The Hall–Kier alpha value is -1.58. The van der Waals surface area contributed by atoms with E-state index >= 15 is 0 Å². The number of methoxy groups -OCH3 is 1. The number of likely N-dealkylation sites (N-methyl/N-ethyl adjacent to an activating group) is 1. The average Bonchev–Trinajstić information content (AvgIpc) is 2.26. The molecule has 0 bridgehead atoms. The minimum absolute atomic E-state index is 0.319. The minimum Gasteiger partial charge on any atom is -0.453 e. The molecule has 0 fully saturated rings. The lowest BCUT2D eigenvalue weighted by Crippen LogP contribution is -2.28. The van der Waals surface area contributed by atoms with Gasteiger partial charge in [-0.1, -0.05) is 6.07 Å². The summed E-state index contributed by atoms with van der Waals surface area (Å²) in [5.74, 6) is 0. The van der Waals surface area contributed by atoms with E-state index in [9.17, 15) is 4.79 Å².